The SMILES string of the molecule is CC(C)[N-]C(C)C.CCOC(=O)C1(Cl)CC1.Cc1ccncc1Cl.O=C(Cc1ccncc1Cl)C1(Cl)CC1.[Li+]. The van der Waals surface area contributed by atoms with E-state index in [0.29, 0.717) is 30.1 Å². The van der Waals surface area contributed by atoms with E-state index in [1.54, 1.807) is 31.6 Å². The summed E-state index contributed by atoms with van der Waals surface area (Å²) in [6.07, 6.45) is 9.95. The van der Waals surface area contributed by atoms with Gasteiger partial charge in [0.05, 0.1) is 16.7 Å². The maximum atomic E-state index is 11.6. The van der Waals surface area contributed by atoms with Gasteiger partial charge in [-0.3, -0.25) is 19.6 Å². The van der Waals surface area contributed by atoms with Crippen LogP contribution in [0.15, 0.2) is 36.9 Å². The van der Waals surface area contributed by atoms with Crippen molar-refractivity contribution in [1.82, 2.24) is 9.97 Å². The zero-order valence-electron chi connectivity index (χ0n) is 23.9. The van der Waals surface area contributed by atoms with Gasteiger partial charge in [0, 0.05) is 31.2 Å². The summed E-state index contributed by atoms with van der Waals surface area (Å²) in [7, 11) is 0. The standard InChI is InChI=1S/C10H9Cl2NO.C6H6ClN.C6H9ClO2.C6H14N.Li/c11-8-6-13-4-1-7(8)5-9(14)10(12)2-3-10;1-5-2-3-8-4-6(5)7;1-2-9-5(8)6(7)3-4-6;1-5(2)7-6(3)4;/h1,4,6H,2-3,5H2;2-4H,1H3;2-4H2,1H3;5-6H,1-4H3;/q;;;-1;+1. The number of hydrogen-bond donors (Lipinski definition) is 0. The molecular formula is C28H38Cl4LiN3O3. The topological polar surface area (TPSA) is 83.3 Å². The molecule has 0 radical (unpaired) electrons. The second kappa shape index (κ2) is 18.6. The Balaban J connectivity index is 0.000000511. The molecule has 0 N–H and O–H groups in total. The van der Waals surface area contributed by atoms with Gasteiger partial charge < -0.3 is 10.1 Å². The number of Topliss-reactive ketones (excluding diaryl/α,β-unsaturated/α-hetero) is 1. The predicted molar refractivity (Wildman–Crippen MR) is 158 cm³/mol. The third-order valence-corrected chi connectivity index (χ3v) is 7.15. The first-order valence-electron chi connectivity index (χ1n) is 12.7. The normalized spacial score (nSPS) is 15.2. The molecule has 39 heavy (non-hydrogen) atoms. The van der Waals surface area contributed by atoms with Crippen LogP contribution < -0.4 is 18.9 Å². The number of alkyl halides is 2. The average Bonchev–Trinajstić information content (AvgIpc) is 3.77. The van der Waals surface area contributed by atoms with Crippen LogP contribution in [0, 0.1) is 6.92 Å². The third kappa shape index (κ3) is 15.7. The molecule has 0 aromatic carbocycles. The minimum Gasteiger partial charge on any atom is -0.658 e. The molecule has 4 rings (SSSR count). The van der Waals surface area contributed by atoms with Gasteiger partial charge in [0.1, 0.15) is 9.75 Å². The molecule has 0 saturated heterocycles. The van der Waals surface area contributed by atoms with E-state index in [-0.39, 0.29) is 30.6 Å². The van der Waals surface area contributed by atoms with Gasteiger partial charge in [-0.15, -0.1) is 35.3 Å². The van der Waals surface area contributed by atoms with Crippen LogP contribution in [-0.4, -0.2) is 50.2 Å². The van der Waals surface area contributed by atoms with E-state index in [0.717, 1.165) is 41.8 Å². The first-order chi connectivity index (χ1) is 17.7. The molecule has 2 fully saturated rings. The second-order valence-electron chi connectivity index (χ2n) is 9.68. The Morgan fingerprint density at radius 1 is 0.923 bits per heavy atom. The molecule has 2 heterocycles. The zero-order chi connectivity index (χ0) is 28.9. The summed E-state index contributed by atoms with van der Waals surface area (Å²) in [6, 6.07) is 4.63. The number of ketones is 1. The summed E-state index contributed by atoms with van der Waals surface area (Å²) in [5.41, 5.74) is 1.88. The smallest absolute Gasteiger partial charge is 0.658 e. The number of ether oxygens (including phenoxy) is 1. The Morgan fingerprint density at radius 2 is 1.41 bits per heavy atom. The summed E-state index contributed by atoms with van der Waals surface area (Å²) in [4.78, 5) is 28.9. The third-order valence-electron chi connectivity index (χ3n) is 5.30. The Bertz CT molecular complexity index is 1010. The van der Waals surface area contributed by atoms with E-state index in [1.165, 1.54) is 6.20 Å². The van der Waals surface area contributed by atoms with Gasteiger partial charge in [-0.05, 0) is 62.8 Å². The molecule has 6 nitrogen and oxygen atoms in total. The van der Waals surface area contributed by atoms with Crippen LogP contribution in [0.5, 0.6) is 0 Å². The van der Waals surface area contributed by atoms with Crippen molar-refractivity contribution in [2.45, 2.75) is 95.5 Å². The predicted octanol–water partition coefficient (Wildman–Crippen LogP) is 5.16. The van der Waals surface area contributed by atoms with Crippen LogP contribution in [0.4, 0.5) is 0 Å². The molecule has 2 aliphatic carbocycles. The van der Waals surface area contributed by atoms with Crippen LogP contribution in [0.3, 0.4) is 0 Å². The molecule has 0 unspecified atom stereocenters. The monoisotopic (exact) mass is 611 g/mol. The summed E-state index contributed by atoms with van der Waals surface area (Å²) in [6.45, 7) is 12.5. The molecule has 0 atom stereocenters. The first-order valence-corrected chi connectivity index (χ1v) is 14.2. The average molecular weight is 613 g/mol. The summed E-state index contributed by atoms with van der Waals surface area (Å²) >= 11 is 23.2. The number of hydrogen-bond acceptors (Lipinski definition) is 5. The molecule has 2 aromatic heterocycles. The van der Waals surface area contributed by atoms with Gasteiger partial charge in [-0.1, -0.05) is 50.9 Å². The van der Waals surface area contributed by atoms with E-state index in [4.69, 9.17) is 51.1 Å². The van der Waals surface area contributed by atoms with Crippen molar-refractivity contribution in [1.29, 1.82) is 0 Å². The number of carbonyl (C=O) groups excluding carboxylic acids is 2. The molecule has 0 bridgehead atoms. The molecule has 212 valence electrons. The number of aromatic nitrogens is 2. The largest absolute Gasteiger partial charge is 1.00 e. The van der Waals surface area contributed by atoms with Crippen molar-refractivity contribution >= 4 is 58.2 Å². The van der Waals surface area contributed by atoms with Crippen molar-refractivity contribution in [3.05, 3.63) is 63.4 Å². The number of pyridine rings is 2. The van der Waals surface area contributed by atoms with Crippen LogP contribution in [0.1, 0.15) is 71.4 Å². The quantitative estimate of drug-likeness (QED) is 0.245. The maximum Gasteiger partial charge on any atom is 1.00 e. The summed E-state index contributed by atoms with van der Waals surface area (Å²) in [5.74, 6) is -0.195. The Hall–Kier alpha value is -0.843. The molecule has 2 aromatic rings. The fourth-order valence-corrected chi connectivity index (χ4v) is 3.50. The number of esters is 1. The molecule has 0 aliphatic heterocycles. The molecule has 0 spiro atoms. The van der Waals surface area contributed by atoms with Crippen LogP contribution in [0.2, 0.25) is 10.0 Å². The minimum absolute atomic E-state index is 0. The number of nitrogens with zero attached hydrogens (tertiary/aromatic N) is 3. The Labute approximate surface area is 265 Å². The minimum atomic E-state index is -0.629. The summed E-state index contributed by atoms with van der Waals surface area (Å²) in [5, 5.41) is 5.54. The van der Waals surface area contributed by atoms with Crippen LogP contribution in [-0.2, 0) is 20.7 Å². The van der Waals surface area contributed by atoms with Gasteiger partial charge in [0.25, 0.3) is 0 Å². The van der Waals surface area contributed by atoms with Crippen molar-refractivity contribution in [2.24, 2.45) is 0 Å². The van der Waals surface area contributed by atoms with E-state index < -0.39 is 9.75 Å². The maximum absolute atomic E-state index is 11.6. The van der Waals surface area contributed by atoms with Gasteiger partial charge in [0.2, 0.25) is 0 Å². The van der Waals surface area contributed by atoms with E-state index in [2.05, 4.69) is 43.0 Å². The van der Waals surface area contributed by atoms with Crippen molar-refractivity contribution in [2.75, 3.05) is 6.61 Å². The zero-order valence-corrected chi connectivity index (χ0v) is 27.0. The number of rotatable bonds is 7. The van der Waals surface area contributed by atoms with E-state index >= 15 is 0 Å². The van der Waals surface area contributed by atoms with Crippen molar-refractivity contribution in [3.63, 3.8) is 0 Å². The Kier molecular flexibility index (Phi) is 18.2. The van der Waals surface area contributed by atoms with E-state index in [9.17, 15) is 9.59 Å². The fourth-order valence-electron chi connectivity index (χ4n) is 2.88. The Morgan fingerprint density at radius 3 is 1.74 bits per heavy atom. The molecule has 0 amide bonds. The number of carbonyl (C=O) groups is 2. The van der Waals surface area contributed by atoms with Crippen LogP contribution in [0.25, 0.3) is 5.32 Å². The van der Waals surface area contributed by atoms with Crippen molar-refractivity contribution in [3.8, 4) is 0 Å². The van der Waals surface area contributed by atoms with Gasteiger partial charge >= 0.3 is 24.8 Å². The van der Waals surface area contributed by atoms with Crippen molar-refractivity contribution < 1.29 is 33.2 Å². The number of aryl methyl sites for hydroxylation is 1. The molecule has 2 saturated carbocycles. The van der Waals surface area contributed by atoms with E-state index in [1.807, 2.05) is 13.0 Å². The van der Waals surface area contributed by atoms with Crippen LogP contribution >= 0.6 is 46.4 Å². The second-order valence-corrected chi connectivity index (χ2v) is 11.9. The summed E-state index contributed by atoms with van der Waals surface area (Å²) < 4.78 is 4.70. The number of halogens is 4. The molecular weight excluding hydrogens is 575 g/mol. The van der Waals surface area contributed by atoms with Gasteiger partial charge in [0.15, 0.2) is 5.78 Å². The first kappa shape index (κ1) is 38.2. The van der Waals surface area contributed by atoms with Gasteiger partial charge in [-0.25, -0.2) is 0 Å². The van der Waals surface area contributed by atoms with Gasteiger partial charge in [-0.2, -0.15) is 0 Å². The molecule has 11 heteroatoms. The molecule has 2 aliphatic rings. The fraction of sp³-hybridized carbons (Fsp3) is 0.571.